The summed E-state index contributed by atoms with van der Waals surface area (Å²) in [5, 5.41) is 8.98. The van der Waals surface area contributed by atoms with Crippen LogP contribution in [-0.2, 0) is 10.0 Å². The number of anilines is 1. The Balaban J connectivity index is 2.07. The predicted octanol–water partition coefficient (Wildman–Crippen LogP) is 1.82. The number of nitrogens with zero attached hydrogens (tertiary/aromatic N) is 2. The number of piperidine rings is 1. The standard InChI is InChI=1S/C15H19N3O3S/c1-2-22(20,21)17-14-7-5-13(6-8-14)15(19)18-9-3-4-12(10-16)11-18/h5-8,12,17H,2-4,9,11H2,1H3/t12-/m0/s1. The van der Waals surface area contributed by atoms with Crippen molar-refractivity contribution in [2.24, 2.45) is 5.92 Å². The number of hydrogen-bond acceptors (Lipinski definition) is 4. The van der Waals surface area contributed by atoms with Gasteiger partial charge in [-0.3, -0.25) is 9.52 Å². The molecule has 7 heteroatoms. The van der Waals surface area contributed by atoms with Crippen LogP contribution in [0.4, 0.5) is 5.69 Å². The van der Waals surface area contributed by atoms with E-state index in [1.54, 1.807) is 36.1 Å². The van der Waals surface area contributed by atoms with Crippen molar-refractivity contribution >= 4 is 21.6 Å². The molecule has 1 aliphatic rings. The lowest BCUT2D eigenvalue weighted by Gasteiger charge is -2.29. The molecule has 1 saturated heterocycles. The Hall–Kier alpha value is -2.07. The number of hydrogen-bond donors (Lipinski definition) is 1. The molecular formula is C15H19N3O3S. The number of sulfonamides is 1. The minimum atomic E-state index is -3.32. The van der Waals surface area contributed by atoms with Crippen LogP contribution in [-0.4, -0.2) is 38.1 Å². The number of carbonyl (C=O) groups is 1. The lowest BCUT2D eigenvalue weighted by Crippen LogP contribution is -2.39. The number of carbonyl (C=O) groups excluding carboxylic acids is 1. The predicted molar refractivity (Wildman–Crippen MR) is 83.8 cm³/mol. The third-order valence-electron chi connectivity index (χ3n) is 3.68. The van der Waals surface area contributed by atoms with Crippen molar-refractivity contribution in [3.05, 3.63) is 29.8 Å². The summed E-state index contributed by atoms with van der Waals surface area (Å²) in [4.78, 5) is 14.1. The van der Waals surface area contributed by atoms with Crippen molar-refractivity contribution in [3.63, 3.8) is 0 Å². The molecule has 1 atom stereocenters. The summed E-state index contributed by atoms with van der Waals surface area (Å²) >= 11 is 0. The van der Waals surface area contributed by atoms with Crippen molar-refractivity contribution in [1.82, 2.24) is 4.90 Å². The number of amides is 1. The molecule has 0 unspecified atom stereocenters. The molecule has 0 spiro atoms. The van der Waals surface area contributed by atoms with Gasteiger partial charge in [0.25, 0.3) is 5.91 Å². The highest BCUT2D eigenvalue weighted by Gasteiger charge is 2.24. The van der Waals surface area contributed by atoms with E-state index in [9.17, 15) is 13.2 Å². The molecule has 0 radical (unpaired) electrons. The first-order valence-corrected chi connectivity index (χ1v) is 8.90. The zero-order chi connectivity index (χ0) is 16.2. The van der Waals surface area contributed by atoms with Crippen molar-refractivity contribution in [2.45, 2.75) is 19.8 Å². The maximum atomic E-state index is 12.4. The van der Waals surface area contributed by atoms with E-state index in [1.807, 2.05) is 0 Å². The lowest BCUT2D eigenvalue weighted by atomic mass is 9.99. The minimum Gasteiger partial charge on any atom is -0.337 e. The van der Waals surface area contributed by atoms with Crippen molar-refractivity contribution in [1.29, 1.82) is 5.26 Å². The van der Waals surface area contributed by atoms with E-state index in [2.05, 4.69) is 10.8 Å². The van der Waals surface area contributed by atoms with Gasteiger partial charge in [0.1, 0.15) is 0 Å². The van der Waals surface area contributed by atoms with Crippen LogP contribution in [0.15, 0.2) is 24.3 Å². The maximum absolute atomic E-state index is 12.4. The smallest absolute Gasteiger partial charge is 0.253 e. The topological polar surface area (TPSA) is 90.3 Å². The van der Waals surface area contributed by atoms with E-state index >= 15 is 0 Å². The Bertz CT molecular complexity index is 677. The molecule has 2 rings (SSSR count). The van der Waals surface area contributed by atoms with Gasteiger partial charge in [-0.25, -0.2) is 8.42 Å². The van der Waals surface area contributed by atoms with Crippen LogP contribution < -0.4 is 4.72 Å². The summed E-state index contributed by atoms with van der Waals surface area (Å²) in [6.07, 6.45) is 1.66. The number of likely N-dealkylation sites (tertiary alicyclic amines) is 1. The first-order valence-electron chi connectivity index (χ1n) is 7.24. The van der Waals surface area contributed by atoms with Gasteiger partial charge in [0, 0.05) is 24.3 Å². The average molecular weight is 321 g/mol. The van der Waals surface area contributed by atoms with E-state index in [0.717, 1.165) is 12.8 Å². The maximum Gasteiger partial charge on any atom is 0.253 e. The molecule has 1 N–H and O–H groups in total. The second kappa shape index (κ2) is 6.79. The molecular weight excluding hydrogens is 302 g/mol. The van der Waals surface area contributed by atoms with Gasteiger partial charge in [0.2, 0.25) is 10.0 Å². The van der Waals surface area contributed by atoms with E-state index < -0.39 is 10.0 Å². The van der Waals surface area contributed by atoms with Crippen LogP contribution in [0.2, 0.25) is 0 Å². The van der Waals surface area contributed by atoms with E-state index in [1.165, 1.54) is 0 Å². The lowest BCUT2D eigenvalue weighted by molar-refractivity contribution is 0.0699. The van der Waals surface area contributed by atoms with Crippen molar-refractivity contribution < 1.29 is 13.2 Å². The van der Waals surface area contributed by atoms with E-state index in [-0.39, 0.29) is 17.6 Å². The highest BCUT2D eigenvalue weighted by Crippen LogP contribution is 2.19. The number of nitrogens with one attached hydrogen (secondary N) is 1. The summed E-state index contributed by atoms with van der Waals surface area (Å²) in [5.41, 5.74) is 0.935. The summed E-state index contributed by atoms with van der Waals surface area (Å²) in [7, 11) is -3.32. The SMILES string of the molecule is CCS(=O)(=O)Nc1ccc(C(=O)N2CCC[C@@H](C#N)C2)cc1. The molecule has 118 valence electrons. The molecule has 1 aliphatic heterocycles. The summed E-state index contributed by atoms with van der Waals surface area (Å²) in [6, 6.07) is 8.57. The third kappa shape index (κ3) is 3.98. The van der Waals surface area contributed by atoms with Crippen LogP contribution in [0, 0.1) is 17.2 Å². The normalized spacial score (nSPS) is 18.5. The highest BCUT2D eigenvalue weighted by molar-refractivity contribution is 7.92. The van der Waals surface area contributed by atoms with Crippen LogP contribution in [0.3, 0.4) is 0 Å². The Morgan fingerprint density at radius 3 is 2.68 bits per heavy atom. The third-order valence-corrected chi connectivity index (χ3v) is 4.98. The molecule has 1 amide bonds. The van der Waals surface area contributed by atoms with Gasteiger partial charge in [-0.15, -0.1) is 0 Å². The van der Waals surface area contributed by atoms with Crippen molar-refractivity contribution in [2.75, 3.05) is 23.6 Å². The van der Waals surface area contributed by atoms with Gasteiger partial charge >= 0.3 is 0 Å². The molecule has 1 aromatic carbocycles. The van der Waals surface area contributed by atoms with Gasteiger partial charge in [0.05, 0.1) is 17.7 Å². The molecule has 1 heterocycles. The fourth-order valence-electron chi connectivity index (χ4n) is 2.38. The van der Waals surface area contributed by atoms with Gasteiger partial charge in [-0.2, -0.15) is 5.26 Å². The molecule has 6 nitrogen and oxygen atoms in total. The van der Waals surface area contributed by atoms with E-state index in [0.29, 0.717) is 24.3 Å². The molecule has 0 aromatic heterocycles. The Kier molecular flexibility index (Phi) is 5.03. The highest BCUT2D eigenvalue weighted by atomic mass is 32.2. The summed E-state index contributed by atoms with van der Waals surface area (Å²) in [5.74, 6) is -0.227. The largest absolute Gasteiger partial charge is 0.337 e. The van der Waals surface area contributed by atoms with Gasteiger partial charge in [-0.1, -0.05) is 0 Å². The molecule has 1 fully saturated rings. The quantitative estimate of drug-likeness (QED) is 0.916. The van der Waals surface area contributed by atoms with E-state index in [4.69, 9.17) is 5.26 Å². The molecule has 0 saturated carbocycles. The number of nitriles is 1. The fraction of sp³-hybridized carbons (Fsp3) is 0.467. The van der Waals surface area contributed by atoms with Crippen LogP contribution in [0.5, 0.6) is 0 Å². The molecule has 1 aromatic rings. The minimum absolute atomic E-state index is 0.00297. The van der Waals surface area contributed by atoms with Gasteiger partial charge in [-0.05, 0) is 44.0 Å². The first-order chi connectivity index (χ1) is 10.4. The first kappa shape index (κ1) is 16.3. The zero-order valence-electron chi connectivity index (χ0n) is 12.4. The molecule has 22 heavy (non-hydrogen) atoms. The number of benzene rings is 1. The molecule has 0 aliphatic carbocycles. The summed E-state index contributed by atoms with van der Waals surface area (Å²) < 4.78 is 25.4. The monoisotopic (exact) mass is 321 g/mol. The Morgan fingerprint density at radius 1 is 1.41 bits per heavy atom. The second-order valence-corrected chi connectivity index (χ2v) is 7.31. The van der Waals surface area contributed by atoms with Crippen LogP contribution >= 0.6 is 0 Å². The average Bonchev–Trinajstić information content (AvgIpc) is 2.54. The summed E-state index contributed by atoms with van der Waals surface area (Å²) in [6.45, 7) is 2.67. The van der Waals surface area contributed by atoms with Gasteiger partial charge < -0.3 is 4.90 Å². The Labute approximate surface area is 130 Å². The fourth-order valence-corrected chi connectivity index (χ4v) is 3.02. The second-order valence-electron chi connectivity index (χ2n) is 5.30. The van der Waals surface area contributed by atoms with Crippen LogP contribution in [0.25, 0.3) is 0 Å². The Morgan fingerprint density at radius 2 is 2.09 bits per heavy atom. The number of rotatable bonds is 4. The van der Waals surface area contributed by atoms with Crippen LogP contribution in [0.1, 0.15) is 30.1 Å². The van der Waals surface area contributed by atoms with Crippen molar-refractivity contribution in [3.8, 4) is 6.07 Å². The molecule has 0 bridgehead atoms. The van der Waals surface area contributed by atoms with Gasteiger partial charge in [0.15, 0.2) is 0 Å². The zero-order valence-corrected chi connectivity index (χ0v) is 13.3.